The van der Waals surface area contributed by atoms with Crippen LogP contribution in [0.25, 0.3) is 0 Å². The molecule has 1 saturated heterocycles. The van der Waals surface area contributed by atoms with E-state index in [0.717, 1.165) is 26.1 Å². The van der Waals surface area contributed by atoms with Crippen LogP contribution < -0.4 is 0 Å². The number of amides is 1. The standard InChI is InChI=1S/C11H22N2O2/c1-11(2,15)9-12(3)7-8-13-6-4-5-10(13)14/h15H,4-9H2,1-3H3. The van der Waals surface area contributed by atoms with Gasteiger partial charge in [0, 0.05) is 32.6 Å². The lowest BCUT2D eigenvalue weighted by Gasteiger charge is -2.27. The van der Waals surface area contributed by atoms with Crippen LogP contribution in [0.2, 0.25) is 0 Å². The molecular formula is C11H22N2O2. The van der Waals surface area contributed by atoms with Crippen LogP contribution in [-0.4, -0.2) is 59.6 Å². The normalized spacial score (nSPS) is 17.9. The monoisotopic (exact) mass is 214 g/mol. The topological polar surface area (TPSA) is 43.8 Å². The molecular weight excluding hydrogens is 192 g/mol. The van der Waals surface area contributed by atoms with Crippen LogP contribution in [0.5, 0.6) is 0 Å². The number of nitrogens with zero attached hydrogens (tertiary/aromatic N) is 2. The number of likely N-dealkylation sites (N-methyl/N-ethyl adjacent to an activating group) is 1. The van der Waals surface area contributed by atoms with Gasteiger partial charge in [0.05, 0.1) is 5.60 Å². The molecule has 0 atom stereocenters. The van der Waals surface area contributed by atoms with Gasteiger partial charge in [-0.25, -0.2) is 0 Å². The summed E-state index contributed by atoms with van der Waals surface area (Å²) in [4.78, 5) is 15.3. The number of likely N-dealkylation sites (tertiary alicyclic amines) is 1. The number of carbonyl (C=O) groups is 1. The second-order valence-corrected chi connectivity index (χ2v) is 5.03. The molecule has 1 aliphatic heterocycles. The van der Waals surface area contributed by atoms with Crippen molar-refractivity contribution in [2.24, 2.45) is 0 Å². The Kier molecular flexibility index (Phi) is 4.11. The highest BCUT2D eigenvalue weighted by Gasteiger charge is 2.21. The maximum atomic E-state index is 11.3. The van der Waals surface area contributed by atoms with Crippen LogP contribution >= 0.6 is 0 Å². The molecule has 0 aromatic carbocycles. The summed E-state index contributed by atoms with van der Waals surface area (Å²) in [6, 6.07) is 0. The van der Waals surface area contributed by atoms with Gasteiger partial charge in [0.25, 0.3) is 0 Å². The van der Waals surface area contributed by atoms with Crippen LogP contribution in [0.4, 0.5) is 0 Å². The molecule has 0 bridgehead atoms. The summed E-state index contributed by atoms with van der Waals surface area (Å²) >= 11 is 0. The van der Waals surface area contributed by atoms with E-state index in [2.05, 4.69) is 4.90 Å². The van der Waals surface area contributed by atoms with E-state index in [1.54, 1.807) is 13.8 Å². The third kappa shape index (κ3) is 4.62. The largest absolute Gasteiger partial charge is 0.389 e. The maximum absolute atomic E-state index is 11.3. The van der Waals surface area contributed by atoms with E-state index in [4.69, 9.17) is 0 Å². The predicted molar refractivity (Wildman–Crippen MR) is 59.6 cm³/mol. The molecule has 0 spiro atoms. The molecule has 1 rings (SSSR count). The highest BCUT2D eigenvalue weighted by atomic mass is 16.3. The van der Waals surface area contributed by atoms with Gasteiger partial charge in [-0.2, -0.15) is 0 Å². The van der Waals surface area contributed by atoms with Gasteiger partial charge in [-0.3, -0.25) is 4.79 Å². The Morgan fingerprint density at radius 1 is 1.53 bits per heavy atom. The van der Waals surface area contributed by atoms with Crippen molar-refractivity contribution in [1.29, 1.82) is 0 Å². The highest BCUT2D eigenvalue weighted by molar-refractivity contribution is 5.78. The minimum Gasteiger partial charge on any atom is -0.389 e. The SMILES string of the molecule is CN(CCN1CCCC1=O)CC(C)(C)O. The zero-order chi connectivity index (χ0) is 11.5. The Morgan fingerprint density at radius 2 is 2.20 bits per heavy atom. The fourth-order valence-corrected chi connectivity index (χ4v) is 1.97. The molecule has 1 amide bonds. The molecule has 15 heavy (non-hydrogen) atoms. The summed E-state index contributed by atoms with van der Waals surface area (Å²) in [5, 5.41) is 9.61. The number of hydrogen-bond acceptors (Lipinski definition) is 3. The first-order chi connectivity index (χ1) is 6.88. The van der Waals surface area contributed by atoms with Crippen LogP contribution in [-0.2, 0) is 4.79 Å². The second kappa shape index (κ2) is 4.94. The Morgan fingerprint density at radius 3 is 2.67 bits per heavy atom. The smallest absolute Gasteiger partial charge is 0.222 e. The third-order valence-electron chi connectivity index (χ3n) is 2.58. The van der Waals surface area contributed by atoms with E-state index in [-0.39, 0.29) is 5.91 Å². The van der Waals surface area contributed by atoms with Crippen molar-refractivity contribution in [2.45, 2.75) is 32.3 Å². The van der Waals surface area contributed by atoms with Crippen LogP contribution in [0.1, 0.15) is 26.7 Å². The van der Waals surface area contributed by atoms with Gasteiger partial charge in [-0.05, 0) is 27.3 Å². The van der Waals surface area contributed by atoms with Crippen molar-refractivity contribution < 1.29 is 9.90 Å². The average molecular weight is 214 g/mol. The molecule has 0 aromatic heterocycles. The second-order valence-electron chi connectivity index (χ2n) is 5.03. The molecule has 1 aliphatic rings. The lowest BCUT2D eigenvalue weighted by atomic mass is 10.1. The van der Waals surface area contributed by atoms with Gasteiger partial charge in [-0.15, -0.1) is 0 Å². The Balaban J connectivity index is 2.22. The summed E-state index contributed by atoms with van der Waals surface area (Å²) in [6.07, 6.45) is 1.70. The van der Waals surface area contributed by atoms with Crippen molar-refractivity contribution in [3.05, 3.63) is 0 Å². The van der Waals surface area contributed by atoms with Gasteiger partial charge in [0.1, 0.15) is 0 Å². The lowest BCUT2D eigenvalue weighted by Crippen LogP contribution is -2.40. The van der Waals surface area contributed by atoms with E-state index in [1.165, 1.54) is 0 Å². The number of aliphatic hydroxyl groups is 1. The minimum absolute atomic E-state index is 0.270. The fourth-order valence-electron chi connectivity index (χ4n) is 1.97. The molecule has 1 N–H and O–H groups in total. The van der Waals surface area contributed by atoms with Crippen LogP contribution in [0.15, 0.2) is 0 Å². The zero-order valence-electron chi connectivity index (χ0n) is 9.99. The summed E-state index contributed by atoms with van der Waals surface area (Å²) in [7, 11) is 1.97. The van der Waals surface area contributed by atoms with Crippen molar-refractivity contribution in [3.63, 3.8) is 0 Å². The molecule has 0 aliphatic carbocycles. The number of hydrogen-bond donors (Lipinski definition) is 1. The van der Waals surface area contributed by atoms with Crippen molar-refractivity contribution in [3.8, 4) is 0 Å². The first-order valence-electron chi connectivity index (χ1n) is 5.57. The molecule has 4 nitrogen and oxygen atoms in total. The fraction of sp³-hybridized carbons (Fsp3) is 0.909. The van der Waals surface area contributed by atoms with E-state index in [9.17, 15) is 9.90 Å². The average Bonchev–Trinajstić information content (AvgIpc) is 2.44. The molecule has 0 unspecified atom stereocenters. The quantitative estimate of drug-likeness (QED) is 0.716. The Bertz CT molecular complexity index is 223. The van der Waals surface area contributed by atoms with E-state index in [0.29, 0.717) is 13.0 Å². The first kappa shape index (κ1) is 12.5. The predicted octanol–water partition coefficient (Wildman–Crippen LogP) is 0.311. The summed E-state index contributed by atoms with van der Waals surface area (Å²) in [5.41, 5.74) is -0.663. The highest BCUT2D eigenvalue weighted by Crippen LogP contribution is 2.09. The zero-order valence-corrected chi connectivity index (χ0v) is 9.99. The number of rotatable bonds is 5. The summed E-state index contributed by atoms with van der Waals surface area (Å²) < 4.78 is 0. The lowest BCUT2D eigenvalue weighted by molar-refractivity contribution is -0.127. The van der Waals surface area contributed by atoms with Gasteiger partial charge in [0.2, 0.25) is 5.91 Å². The van der Waals surface area contributed by atoms with Crippen LogP contribution in [0, 0.1) is 0 Å². The molecule has 4 heteroatoms. The van der Waals surface area contributed by atoms with Crippen LogP contribution in [0.3, 0.4) is 0 Å². The molecule has 0 radical (unpaired) electrons. The van der Waals surface area contributed by atoms with Gasteiger partial charge in [0.15, 0.2) is 0 Å². The van der Waals surface area contributed by atoms with E-state index >= 15 is 0 Å². The third-order valence-corrected chi connectivity index (χ3v) is 2.58. The summed E-state index contributed by atoms with van der Waals surface area (Å²) in [6.45, 7) is 6.74. The van der Waals surface area contributed by atoms with Crippen molar-refractivity contribution in [2.75, 3.05) is 33.2 Å². The Hall–Kier alpha value is -0.610. The minimum atomic E-state index is -0.663. The van der Waals surface area contributed by atoms with Crippen molar-refractivity contribution in [1.82, 2.24) is 9.80 Å². The van der Waals surface area contributed by atoms with Gasteiger partial charge in [-0.1, -0.05) is 0 Å². The Labute approximate surface area is 91.9 Å². The molecule has 88 valence electrons. The van der Waals surface area contributed by atoms with Gasteiger partial charge >= 0.3 is 0 Å². The van der Waals surface area contributed by atoms with E-state index < -0.39 is 5.60 Å². The molecule has 0 saturated carbocycles. The summed E-state index contributed by atoms with van der Waals surface area (Å²) in [5.74, 6) is 0.270. The van der Waals surface area contributed by atoms with E-state index in [1.807, 2.05) is 11.9 Å². The first-order valence-corrected chi connectivity index (χ1v) is 5.57. The number of carbonyl (C=O) groups excluding carboxylic acids is 1. The maximum Gasteiger partial charge on any atom is 0.222 e. The molecule has 1 heterocycles. The van der Waals surface area contributed by atoms with Gasteiger partial charge < -0.3 is 14.9 Å². The van der Waals surface area contributed by atoms with Crippen molar-refractivity contribution >= 4 is 5.91 Å². The molecule has 0 aromatic rings. The molecule has 1 fully saturated rings.